The van der Waals surface area contributed by atoms with Gasteiger partial charge < -0.3 is 10.0 Å². The molecule has 2 atom stereocenters. The average molecular weight is 329 g/mol. The number of carbonyl (C=O) groups excluding carboxylic acids is 1. The number of piperidine rings is 1. The Kier molecular flexibility index (Phi) is 4.97. The van der Waals surface area contributed by atoms with E-state index in [1.807, 2.05) is 0 Å². The summed E-state index contributed by atoms with van der Waals surface area (Å²) in [6.07, 6.45) is -3.90. The number of hydrogen-bond donors (Lipinski definition) is 1. The first-order valence-electron chi connectivity index (χ1n) is 7.39. The topological polar surface area (TPSA) is 57.6 Å². The second kappa shape index (κ2) is 6.60. The van der Waals surface area contributed by atoms with Gasteiger partial charge in [-0.05, 0) is 31.4 Å². The number of carboxylic acids is 1. The van der Waals surface area contributed by atoms with Gasteiger partial charge in [-0.3, -0.25) is 9.59 Å². The van der Waals surface area contributed by atoms with Crippen LogP contribution in [0.2, 0.25) is 0 Å². The second-order valence-corrected chi connectivity index (χ2v) is 5.75. The fraction of sp³-hybridized carbons (Fsp3) is 0.500. The van der Waals surface area contributed by atoms with Gasteiger partial charge in [0.25, 0.3) is 0 Å². The molecule has 1 amide bonds. The Morgan fingerprint density at radius 3 is 2.57 bits per heavy atom. The van der Waals surface area contributed by atoms with E-state index in [0.29, 0.717) is 19.4 Å². The van der Waals surface area contributed by atoms with Crippen molar-refractivity contribution in [1.82, 2.24) is 4.90 Å². The molecule has 1 aliphatic rings. The largest absolute Gasteiger partial charge is 0.481 e. The van der Waals surface area contributed by atoms with Gasteiger partial charge in [0.2, 0.25) is 5.91 Å². The van der Waals surface area contributed by atoms with E-state index in [-0.39, 0.29) is 12.0 Å². The van der Waals surface area contributed by atoms with E-state index in [1.165, 1.54) is 23.1 Å². The third kappa shape index (κ3) is 3.83. The van der Waals surface area contributed by atoms with Crippen LogP contribution in [0.1, 0.15) is 30.9 Å². The molecule has 1 N–H and O–H groups in total. The molecule has 0 unspecified atom stereocenters. The van der Waals surface area contributed by atoms with Crippen molar-refractivity contribution in [2.24, 2.45) is 5.92 Å². The molecule has 0 spiro atoms. The summed E-state index contributed by atoms with van der Waals surface area (Å²) in [6.45, 7) is 2.00. The number of alkyl halides is 3. The second-order valence-electron chi connectivity index (χ2n) is 5.75. The van der Waals surface area contributed by atoms with Crippen LogP contribution >= 0.6 is 0 Å². The van der Waals surface area contributed by atoms with E-state index in [1.54, 1.807) is 6.92 Å². The molecular weight excluding hydrogens is 311 g/mol. The van der Waals surface area contributed by atoms with E-state index in [4.69, 9.17) is 5.11 Å². The SMILES string of the molecule is C[C@@H]1[C@H](C(=O)O)CCCN1C(=O)Cc1ccccc1C(F)(F)F. The van der Waals surface area contributed by atoms with Crippen molar-refractivity contribution in [3.8, 4) is 0 Å². The van der Waals surface area contributed by atoms with Crippen molar-refractivity contribution in [2.75, 3.05) is 6.54 Å². The molecule has 1 heterocycles. The Morgan fingerprint density at radius 1 is 1.30 bits per heavy atom. The van der Waals surface area contributed by atoms with Gasteiger partial charge in [0.05, 0.1) is 17.9 Å². The summed E-state index contributed by atoms with van der Waals surface area (Å²) < 4.78 is 38.9. The van der Waals surface area contributed by atoms with E-state index in [9.17, 15) is 22.8 Å². The first-order chi connectivity index (χ1) is 10.7. The first-order valence-corrected chi connectivity index (χ1v) is 7.39. The summed E-state index contributed by atoms with van der Waals surface area (Å²) in [6, 6.07) is 4.44. The van der Waals surface area contributed by atoms with E-state index in [0.717, 1.165) is 6.07 Å². The van der Waals surface area contributed by atoms with Crippen LogP contribution in [0.25, 0.3) is 0 Å². The number of nitrogens with zero attached hydrogens (tertiary/aromatic N) is 1. The number of rotatable bonds is 3. The molecule has 4 nitrogen and oxygen atoms in total. The number of aliphatic carboxylic acids is 1. The van der Waals surface area contributed by atoms with Crippen molar-refractivity contribution in [2.45, 2.75) is 38.4 Å². The summed E-state index contributed by atoms with van der Waals surface area (Å²) >= 11 is 0. The monoisotopic (exact) mass is 329 g/mol. The number of halogens is 3. The Bertz CT molecular complexity index is 600. The van der Waals surface area contributed by atoms with E-state index >= 15 is 0 Å². The Labute approximate surface area is 131 Å². The zero-order valence-electron chi connectivity index (χ0n) is 12.6. The van der Waals surface area contributed by atoms with Crippen molar-refractivity contribution >= 4 is 11.9 Å². The smallest absolute Gasteiger partial charge is 0.416 e. The lowest BCUT2D eigenvalue weighted by Gasteiger charge is -2.37. The van der Waals surface area contributed by atoms with E-state index in [2.05, 4.69) is 0 Å². The van der Waals surface area contributed by atoms with Crippen molar-refractivity contribution in [3.05, 3.63) is 35.4 Å². The molecule has 0 radical (unpaired) electrons. The quantitative estimate of drug-likeness (QED) is 0.927. The van der Waals surface area contributed by atoms with Gasteiger partial charge in [-0.1, -0.05) is 18.2 Å². The zero-order valence-corrected chi connectivity index (χ0v) is 12.6. The maximum absolute atomic E-state index is 13.0. The Hall–Kier alpha value is -2.05. The third-order valence-corrected chi connectivity index (χ3v) is 4.29. The zero-order chi connectivity index (χ0) is 17.2. The van der Waals surface area contributed by atoms with Crippen LogP contribution in [0.5, 0.6) is 0 Å². The highest BCUT2D eigenvalue weighted by atomic mass is 19.4. The van der Waals surface area contributed by atoms with E-state index < -0.39 is 35.6 Å². The normalized spacial score (nSPS) is 22.0. The lowest BCUT2D eigenvalue weighted by molar-refractivity contribution is -0.148. The van der Waals surface area contributed by atoms with Crippen molar-refractivity contribution < 1.29 is 27.9 Å². The van der Waals surface area contributed by atoms with Crippen LogP contribution in [-0.4, -0.2) is 34.5 Å². The van der Waals surface area contributed by atoms with Gasteiger partial charge >= 0.3 is 12.1 Å². The number of carboxylic acid groups (broad SMARTS) is 1. The van der Waals surface area contributed by atoms with Gasteiger partial charge in [-0.25, -0.2) is 0 Å². The molecule has 0 bridgehead atoms. The lowest BCUT2D eigenvalue weighted by atomic mass is 9.89. The van der Waals surface area contributed by atoms with Crippen LogP contribution in [0.3, 0.4) is 0 Å². The minimum Gasteiger partial charge on any atom is -0.481 e. The fourth-order valence-corrected chi connectivity index (χ4v) is 3.04. The van der Waals surface area contributed by atoms with Crippen LogP contribution in [0.15, 0.2) is 24.3 Å². The number of benzene rings is 1. The minimum atomic E-state index is -4.52. The molecule has 1 fully saturated rings. The predicted molar refractivity (Wildman–Crippen MR) is 76.7 cm³/mol. The molecule has 23 heavy (non-hydrogen) atoms. The number of hydrogen-bond acceptors (Lipinski definition) is 2. The van der Waals surface area contributed by atoms with Gasteiger partial charge in [-0.2, -0.15) is 13.2 Å². The molecular formula is C16H18F3NO3. The molecule has 1 saturated heterocycles. The molecule has 126 valence electrons. The molecule has 0 aromatic heterocycles. The molecule has 2 rings (SSSR count). The highest BCUT2D eigenvalue weighted by Crippen LogP contribution is 2.32. The van der Waals surface area contributed by atoms with Crippen LogP contribution in [0.4, 0.5) is 13.2 Å². The average Bonchev–Trinajstić information content (AvgIpc) is 2.46. The lowest BCUT2D eigenvalue weighted by Crippen LogP contribution is -2.49. The third-order valence-electron chi connectivity index (χ3n) is 4.29. The van der Waals surface area contributed by atoms with Crippen LogP contribution in [0, 0.1) is 5.92 Å². The van der Waals surface area contributed by atoms with Gasteiger partial charge in [0.1, 0.15) is 0 Å². The highest BCUT2D eigenvalue weighted by molar-refractivity contribution is 5.81. The molecule has 1 aliphatic heterocycles. The van der Waals surface area contributed by atoms with Gasteiger partial charge in [0.15, 0.2) is 0 Å². The van der Waals surface area contributed by atoms with Crippen LogP contribution in [-0.2, 0) is 22.2 Å². The Balaban J connectivity index is 2.18. The standard InChI is InChI=1S/C16H18F3NO3/c1-10-12(15(22)23)6-4-8-20(10)14(21)9-11-5-2-3-7-13(11)16(17,18)19/h2-3,5,7,10,12H,4,6,8-9H2,1H3,(H,22,23)/t10-,12-/m1/s1. The molecule has 1 aromatic rings. The maximum Gasteiger partial charge on any atom is 0.416 e. The number of amides is 1. The van der Waals surface area contributed by atoms with Crippen molar-refractivity contribution in [1.29, 1.82) is 0 Å². The first kappa shape index (κ1) is 17.3. The summed E-state index contributed by atoms with van der Waals surface area (Å²) in [5.41, 5.74) is -0.914. The van der Waals surface area contributed by atoms with Gasteiger partial charge in [0, 0.05) is 12.6 Å². The summed E-state index contributed by atoms with van der Waals surface area (Å²) in [4.78, 5) is 25.0. The van der Waals surface area contributed by atoms with Crippen molar-refractivity contribution in [3.63, 3.8) is 0 Å². The fourth-order valence-electron chi connectivity index (χ4n) is 3.04. The molecule has 1 aromatic carbocycles. The highest BCUT2D eigenvalue weighted by Gasteiger charge is 2.37. The summed E-state index contributed by atoms with van der Waals surface area (Å²) in [5.74, 6) is -2.13. The summed E-state index contributed by atoms with van der Waals surface area (Å²) in [5, 5.41) is 9.16. The molecule has 0 aliphatic carbocycles. The maximum atomic E-state index is 13.0. The molecule has 0 saturated carbocycles. The Morgan fingerprint density at radius 2 is 1.96 bits per heavy atom. The van der Waals surface area contributed by atoms with Gasteiger partial charge in [-0.15, -0.1) is 0 Å². The van der Waals surface area contributed by atoms with Crippen LogP contribution < -0.4 is 0 Å². The predicted octanol–water partition coefficient (Wildman–Crippen LogP) is 2.96. The summed E-state index contributed by atoms with van der Waals surface area (Å²) in [7, 11) is 0. The minimum absolute atomic E-state index is 0.0883. The molecule has 7 heteroatoms. The number of carbonyl (C=O) groups is 2. The number of likely N-dealkylation sites (tertiary alicyclic amines) is 1.